The van der Waals surface area contributed by atoms with Crippen LogP contribution < -0.4 is 10.6 Å². The summed E-state index contributed by atoms with van der Waals surface area (Å²) in [6, 6.07) is 5.54. The molecule has 2 aromatic rings. The van der Waals surface area contributed by atoms with Crippen LogP contribution in [0.25, 0.3) is 0 Å². The molecule has 0 saturated carbocycles. The summed E-state index contributed by atoms with van der Waals surface area (Å²) in [7, 11) is 1.56. The predicted octanol–water partition coefficient (Wildman–Crippen LogP) is 3.39. The molecule has 0 spiro atoms. The Kier molecular flexibility index (Phi) is 5.03. The van der Waals surface area contributed by atoms with E-state index in [1.165, 1.54) is 35.6 Å². The van der Waals surface area contributed by atoms with Crippen LogP contribution in [-0.4, -0.2) is 23.8 Å². The van der Waals surface area contributed by atoms with E-state index < -0.39 is 10.8 Å². The normalized spacial score (nSPS) is 15.8. The molecular formula is C18H19N3O4S. The van der Waals surface area contributed by atoms with Crippen LogP contribution in [0, 0.1) is 16.0 Å². The summed E-state index contributed by atoms with van der Waals surface area (Å²) in [4.78, 5) is 36.4. The molecule has 0 fully saturated rings. The van der Waals surface area contributed by atoms with Gasteiger partial charge >= 0.3 is 0 Å². The average Bonchev–Trinajstić information content (AvgIpc) is 2.97. The van der Waals surface area contributed by atoms with Crippen molar-refractivity contribution in [2.75, 3.05) is 12.4 Å². The van der Waals surface area contributed by atoms with Crippen molar-refractivity contribution in [1.82, 2.24) is 5.32 Å². The Hall–Kier alpha value is -2.74. The minimum absolute atomic E-state index is 0.150. The van der Waals surface area contributed by atoms with E-state index in [-0.39, 0.29) is 17.2 Å². The van der Waals surface area contributed by atoms with Crippen molar-refractivity contribution in [3.05, 3.63) is 55.9 Å². The van der Waals surface area contributed by atoms with Gasteiger partial charge in [-0.3, -0.25) is 19.7 Å². The van der Waals surface area contributed by atoms with Crippen LogP contribution in [-0.2, 0) is 12.8 Å². The monoisotopic (exact) mass is 373 g/mol. The second-order valence-electron chi connectivity index (χ2n) is 6.40. The van der Waals surface area contributed by atoms with Crippen LogP contribution in [0.4, 0.5) is 10.7 Å². The van der Waals surface area contributed by atoms with Crippen LogP contribution in [0.15, 0.2) is 24.3 Å². The van der Waals surface area contributed by atoms with Gasteiger partial charge in [0.25, 0.3) is 17.5 Å². The Balaban J connectivity index is 1.94. The molecule has 2 N–H and O–H groups in total. The van der Waals surface area contributed by atoms with Crippen molar-refractivity contribution >= 4 is 33.8 Å². The number of amides is 2. The molecule has 0 bridgehead atoms. The van der Waals surface area contributed by atoms with Crippen molar-refractivity contribution in [2.24, 2.45) is 5.92 Å². The van der Waals surface area contributed by atoms with Crippen molar-refractivity contribution in [3.63, 3.8) is 0 Å². The molecule has 7 nitrogen and oxygen atoms in total. The number of hydrogen-bond donors (Lipinski definition) is 2. The van der Waals surface area contributed by atoms with Crippen molar-refractivity contribution < 1.29 is 14.5 Å². The molecule has 0 unspecified atom stereocenters. The highest BCUT2D eigenvalue weighted by molar-refractivity contribution is 7.17. The van der Waals surface area contributed by atoms with E-state index >= 15 is 0 Å². The molecule has 0 radical (unpaired) electrons. The zero-order valence-corrected chi connectivity index (χ0v) is 15.3. The van der Waals surface area contributed by atoms with Gasteiger partial charge in [-0.2, -0.15) is 0 Å². The molecular weight excluding hydrogens is 354 g/mol. The summed E-state index contributed by atoms with van der Waals surface area (Å²) in [5.41, 5.74) is 1.55. The highest BCUT2D eigenvalue weighted by atomic mass is 32.1. The molecule has 1 aliphatic rings. The topological polar surface area (TPSA) is 101 Å². The summed E-state index contributed by atoms with van der Waals surface area (Å²) >= 11 is 1.42. The molecule has 2 amide bonds. The number of nitro benzene ring substituents is 1. The SMILES string of the molecule is CNC(=O)c1c(NC(=O)c2cccc([N+](=O)[O-])c2)sc2c1CC[C@H](C)C2. The number of nitro groups is 1. The maximum atomic E-state index is 12.6. The summed E-state index contributed by atoms with van der Waals surface area (Å²) < 4.78 is 0. The molecule has 26 heavy (non-hydrogen) atoms. The largest absolute Gasteiger partial charge is 0.355 e. The molecule has 136 valence electrons. The molecule has 0 saturated heterocycles. The molecule has 8 heteroatoms. The number of nitrogens with one attached hydrogen (secondary N) is 2. The maximum absolute atomic E-state index is 12.6. The van der Waals surface area contributed by atoms with Gasteiger partial charge in [0.05, 0.1) is 10.5 Å². The average molecular weight is 373 g/mol. The number of rotatable bonds is 4. The fourth-order valence-electron chi connectivity index (χ4n) is 3.14. The molecule has 0 aliphatic heterocycles. The van der Waals surface area contributed by atoms with E-state index in [2.05, 4.69) is 17.6 Å². The van der Waals surface area contributed by atoms with E-state index in [1.807, 2.05) is 0 Å². The van der Waals surface area contributed by atoms with Crippen molar-refractivity contribution in [1.29, 1.82) is 0 Å². The second-order valence-corrected chi connectivity index (χ2v) is 7.50. The standard InChI is InChI=1S/C18H19N3O4S/c1-10-6-7-13-14(8-10)26-18(15(13)17(23)19-2)20-16(22)11-4-3-5-12(9-11)21(24)25/h3-5,9-10H,6-8H2,1-2H3,(H,19,23)(H,20,22)/t10-/m0/s1. The lowest BCUT2D eigenvalue weighted by molar-refractivity contribution is -0.384. The third-order valence-electron chi connectivity index (χ3n) is 4.51. The summed E-state index contributed by atoms with van der Waals surface area (Å²) in [5, 5.41) is 16.8. The van der Waals surface area contributed by atoms with E-state index in [9.17, 15) is 19.7 Å². The Morgan fingerprint density at radius 3 is 2.77 bits per heavy atom. The number of nitrogens with zero attached hydrogens (tertiary/aromatic N) is 1. The van der Waals surface area contributed by atoms with Crippen LogP contribution in [0.3, 0.4) is 0 Å². The molecule has 1 aliphatic carbocycles. The van der Waals surface area contributed by atoms with Gasteiger partial charge in [-0.1, -0.05) is 13.0 Å². The molecule has 1 heterocycles. The number of carbonyl (C=O) groups excluding carboxylic acids is 2. The quantitative estimate of drug-likeness (QED) is 0.633. The number of fused-ring (bicyclic) bond motifs is 1. The second kappa shape index (κ2) is 7.25. The van der Waals surface area contributed by atoms with Gasteiger partial charge in [0, 0.05) is 29.6 Å². The van der Waals surface area contributed by atoms with Crippen LogP contribution >= 0.6 is 11.3 Å². The summed E-state index contributed by atoms with van der Waals surface area (Å²) in [6.07, 6.45) is 2.70. The van der Waals surface area contributed by atoms with Gasteiger partial charge in [0.2, 0.25) is 0 Å². The Morgan fingerprint density at radius 1 is 1.31 bits per heavy atom. The van der Waals surface area contributed by atoms with Crippen LogP contribution in [0.5, 0.6) is 0 Å². The van der Waals surface area contributed by atoms with Crippen LogP contribution in [0.1, 0.15) is 44.5 Å². The van der Waals surface area contributed by atoms with Gasteiger partial charge in [0.1, 0.15) is 5.00 Å². The number of benzene rings is 1. The molecule has 1 atom stereocenters. The first-order valence-corrected chi connectivity index (χ1v) is 9.14. The highest BCUT2D eigenvalue weighted by Gasteiger charge is 2.28. The lowest BCUT2D eigenvalue weighted by atomic mass is 9.88. The van der Waals surface area contributed by atoms with E-state index in [0.29, 0.717) is 16.5 Å². The number of thiophene rings is 1. The van der Waals surface area contributed by atoms with E-state index in [0.717, 1.165) is 29.7 Å². The maximum Gasteiger partial charge on any atom is 0.270 e. The molecule has 1 aromatic heterocycles. The van der Waals surface area contributed by atoms with Gasteiger partial charge in [0.15, 0.2) is 0 Å². The zero-order valence-electron chi connectivity index (χ0n) is 14.5. The minimum Gasteiger partial charge on any atom is -0.355 e. The summed E-state index contributed by atoms with van der Waals surface area (Å²) in [5.74, 6) is -0.157. The Bertz CT molecular complexity index is 891. The fourth-order valence-corrected chi connectivity index (χ4v) is 4.54. The summed E-state index contributed by atoms with van der Waals surface area (Å²) in [6.45, 7) is 2.17. The van der Waals surface area contributed by atoms with Gasteiger partial charge in [-0.25, -0.2) is 0 Å². The molecule has 3 rings (SSSR count). The Labute approximate surface area is 154 Å². The van der Waals surface area contributed by atoms with Gasteiger partial charge in [-0.15, -0.1) is 11.3 Å². The Morgan fingerprint density at radius 2 is 2.08 bits per heavy atom. The van der Waals surface area contributed by atoms with Gasteiger partial charge in [-0.05, 0) is 36.8 Å². The van der Waals surface area contributed by atoms with E-state index in [4.69, 9.17) is 0 Å². The fraction of sp³-hybridized carbons (Fsp3) is 0.333. The number of non-ortho nitro benzene ring substituents is 1. The van der Waals surface area contributed by atoms with E-state index in [1.54, 1.807) is 7.05 Å². The van der Waals surface area contributed by atoms with Crippen molar-refractivity contribution in [3.8, 4) is 0 Å². The van der Waals surface area contributed by atoms with Crippen LogP contribution in [0.2, 0.25) is 0 Å². The third-order valence-corrected chi connectivity index (χ3v) is 5.68. The van der Waals surface area contributed by atoms with Gasteiger partial charge < -0.3 is 10.6 Å². The zero-order chi connectivity index (χ0) is 18.8. The van der Waals surface area contributed by atoms with Crippen molar-refractivity contribution in [2.45, 2.75) is 26.2 Å². The smallest absolute Gasteiger partial charge is 0.270 e. The number of anilines is 1. The number of carbonyl (C=O) groups is 2. The lowest BCUT2D eigenvalue weighted by Crippen LogP contribution is -2.22. The number of hydrogen-bond acceptors (Lipinski definition) is 5. The lowest BCUT2D eigenvalue weighted by Gasteiger charge is -2.18. The molecule has 1 aromatic carbocycles. The third kappa shape index (κ3) is 3.45. The first kappa shape index (κ1) is 18.1. The first-order valence-electron chi connectivity index (χ1n) is 8.33. The highest BCUT2D eigenvalue weighted by Crippen LogP contribution is 2.39. The first-order chi connectivity index (χ1) is 12.4. The predicted molar refractivity (Wildman–Crippen MR) is 99.9 cm³/mol. The minimum atomic E-state index is -0.544.